The van der Waals surface area contributed by atoms with Gasteiger partial charge in [-0.05, 0) is 29.9 Å². The number of rotatable bonds is 0. The lowest BCUT2D eigenvalue weighted by Gasteiger charge is -2.40. The van der Waals surface area contributed by atoms with E-state index >= 15 is 0 Å². The maximum Gasteiger partial charge on any atom is 0.00955 e. The van der Waals surface area contributed by atoms with E-state index in [1.54, 1.807) is 11.1 Å². The Kier molecular flexibility index (Phi) is 2.27. The first kappa shape index (κ1) is 10.6. The Morgan fingerprint density at radius 2 is 1.67 bits per heavy atom. The average Bonchev–Trinajstić information content (AvgIpc) is 2.72. The quantitative estimate of drug-likeness (QED) is 0.611. The maximum absolute atomic E-state index is 2.48. The fourth-order valence-electron chi connectivity index (χ4n) is 4.64. The summed E-state index contributed by atoms with van der Waals surface area (Å²) in [5.41, 5.74) is 3.72. The molecule has 3 aliphatic rings. The van der Waals surface area contributed by atoms with Gasteiger partial charge < -0.3 is 0 Å². The van der Waals surface area contributed by atoms with E-state index in [1.165, 1.54) is 32.1 Å². The minimum absolute atomic E-state index is 0.459. The number of hydrogen-bond acceptors (Lipinski definition) is 0. The third-order valence-electron chi connectivity index (χ3n) is 5.38. The summed E-state index contributed by atoms with van der Waals surface area (Å²) in [6.45, 7) is 0. The van der Waals surface area contributed by atoms with Crippen LogP contribution < -0.4 is 0 Å². The molecule has 1 fully saturated rings. The van der Waals surface area contributed by atoms with Crippen LogP contribution in [0.15, 0.2) is 48.6 Å². The maximum atomic E-state index is 2.48. The minimum atomic E-state index is 0.459. The molecule has 18 heavy (non-hydrogen) atoms. The fourth-order valence-corrected chi connectivity index (χ4v) is 4.64. The predicted octanol–water partition coefficient (Wildman–Crippen LogP) is 4.73. The highest BCUT2D eigenvalue weighted by atomic mass is 14.5. The summed E-state index contributed by atoms with van der Waals surface area (Å²) in [5.74, 6) is 1.37. The Labute approximate surface area is 109 Å². The van der Waals surface area contributed by atoms with Crippen LogP contribution in [-0.4, -0.2) is 0 Å². The van der Waals surface area contributed by atoms with Gasteiger partial charge in [-0.25, -0.2) is 0 Å². The molecule has 0 heterocycles. The zero-order valence-corrected chi connectivity index (χ0v) is 10.8. The minimum Gasteiger partial charge on any atom is -0.0796 e. The lowest BCUT2D eigenvalue weighted by atomic mass is 9.63. The summed E-state index contributed by atoms with van der Waals surface area (Å²) in [6, 6.07) is 9.21. The van der Waals surface area contributed by atoms with Gasteiger partial charge in [0.05, 0.1) is 0 Å². The molecule has 1 spiro atoms. The summed E-state index contributed by atoms with van der Waals surface area (Å²) < 4.78 is 0. The van der Waals surface area contributed by atoms with Gasteiger partial charge >= 0.3 is 0 Å². The molecule has 2 atom stereocenters. The number of fused-ring (bicyclic) bond motifs is 5. The molecular weight excluding hydrogens is 216 g/mol. The van der Waals surface area contributed by atoms with Crippen molar-refractivity contribution in [1.29, 1.82) is 0 Å². The van der Waals surface area contributed by atoms with Crippen LogP contribution in [0.3, 0.4) is 0 Å². The SMILES string of the molecule is C1=CC2c3ccccc3C3(CCCCC3)C2C=C1. The van der Waals surface area contributed by atoms with E-state index in [0.717, 1.165) is 5.92 Å². The van der Waals surface area contributed by atoms with Crippen LogP contribution in [0.4, 0.5) is 0 Å². The van der Waals surface area contributed by atoms with Crippen LogP contribution >= 0.6 is 0 Å². The first-order chi connectivity index (χ1) is 8.92. The molecule has 0 saturated heterocycles. The van der Waals surface area contributed by atoms with E-state index in [2.05, 4.69) is 48.6 Å². The molecule has 3 aliphatic carbocycles. The van der Waals surface area contributed by atoms with Gasteiger partial charge in [-0.1, -0.05) is 67.8 Å². The smallest absolute Gasteiger partial charge is 0.00955 e. The lowest BCUT2D eigenvalue weighted by Crippen LogP contribution is -2.34. The Morgan fingerprint density at radius 3 is 2.56 bits per heavy atom. The largest absolute Gasteiger partial charge is 0.0796 e. The van der Waals surface area contributed by atoms with Crippen LogP contribution in [0, 0.1) is 5.92 Å². The highest BCUT2D eigenvalue weighted by molar-refractivity contribution is 5.50. The van der Waals surface area contributed by atoms with E-state index in [4.69, 9.17) is 0 Å². The molecule has 2 unspecified atom stereocenters. The Morgan fingerprint density at radius 1 is 0.889 bits per heavy atom. The van der Waals surface area contributed by atoms with Crippen LogP contribution in [0.2, 0.25) is 0 Å². The molecule has 0 aromatic heterocycles. The van der Waals surface area contributed by atoms with Crippen molar-refractivity contribution in [3.05, 3.63) is 59.7 Å². The van der Waals surface area contributed by atoms with Crippen LogP contribution in [0.1, 0.15) is 49.1 Å². The molecule has 0 amide bonds. The molecule has 1 saturated carbocycles. The summed E-state index contributed by atoms with van der Waals surface area (Å²) in [4.78, 5) is 0. The van der Waals surface area contributed by atoms with Crippen molar-refractivity contribution in [3.63, 3.8) is 0 Å². The van der Waals surface area contributed by atoms with Crippen molar-refractivity contribution in [2.75, 3.05) is 0 Å². The van der Waals surface area contributed by atoms with Crippen molar-refractivity contribution in [2.24, 2.45) is 5.92 Å². The highest BCUT2D eigenvalue weighted by Gasteiger charge is 2.50. The molecule has 0 nitrogen and oxygen atoms in total. The predicted molar refractivity (Wildman–Crippen MR) is 75.7 cm³/mol. The van der Waals surface area contributed by atoms with Gasteiger partial charge in [-0.3, -0.25) is 0 Å². The van der Waals surface area contributed by atoms with Crippen molar-refractivity contribution < 1.29 is 0 Å². The Bertz CT molecular complexity index is 515. The lowest BCUT2D eigenvalue weighted by molar-refractivity contribution is 0.233. The van der Waals surface area contributed by atoms with Gasteiger partial charge in [0.1, 0.15) is 0 Å². The molecule has 0 radical (unpaired) electrons. The number of hydrogen-bond donors (Lipinski definition) is 0. The first-order valence-electron chi connectivity index (χ1n) is 7.36. The van der Waals surface area contributed by atoms with E-state index in [0.29, 0.717) is 11.3 Å². The second kappa shape index (κ2) is 3.85. The molecule has 0 N–H and O–H groups in total. The second-order valence-corrected chi connectivity index (χ2v) is 6.13. The average molecular weight is 236 g/mol. The van der Waals surface area contributed by atoms with Crippen molar-refractivity contribution in [3.8, 4) is 0 Å². The molecule has 92 valence electrons. The topological polar surface area (TPSA) is 0 Å². The van der Waals surface area contributed by atoms with Crippen molar-refractivity contribution in [2.45, 2.75) is 43.4 Å². The number of benzene rings is 1. The summed E-state index contributed by atoms with van der Waals surface area (Å²) in [6.07, 6.45) is 16.4. The standard InChI is InChI=1S/C18H20/c1-6-12-18(13-7-1)16-10-4-2-8-14(16)15-9-3-5-11-17(15)18/h2-5,8-11,14,16H,1,6-7,12-13H2. The summed E-state index contributed by atoms with van der Waals surface area (Å²) in [5, 5.41) is 0. The first-order valence-corrected chi connectivity index (χ1v) is 7.36. The number of allylic oxidation sites excluding steroid dienone is 4. The summed E-state index contributed by atoms with van der Waals surface area (Å²) in [7, 11) is 0. The summed E-state index contributed by atoms with van der Waals surface area (Å²) >= 11 is 0. The zero-order valence-electron chi connectivity index (χ0n) is 10.8. The van der Waals surface area contributed by atoms with E-state index in [1.807, 2.05) is 0 Å². The van der Waals surface area contributed by atoms with Crippen LogP contribution in [0.25, 0.3) is 0 Å². The van der Waals surface area contributed by atoms with Gasteiger partial charge in [0, 0.05) is 11.3 Å². The third kappa shape index (κ3) is 1.27. The van der Waals surface area contributed by atoms with Crippen LogP contribution in [0.5, 0.6) is 0 Å². The van der Waals surface area contributed by atoms with Gasteiger partial charge in [0.25, 0.3) is 0 Å². The molecule has 1 aromatic carbocycles. The van der Waals surface area contributed by atoms with E-state index in [-0.39, 0.29) is 0 Å². The second-order valence-electron chi connectivity index (χ2n) is 6.13. The van der Waals surface area contributed by atoms with E-state index < -0.39 is 0 Å². The third-order valence-corrected chi connectivity index (χ3v) is 5.38. The van der Waals surface area contributed by atoms with E-state index in [9.17, 15) is 0 Å². The molecule has 1 aromatic rings. The molecule has 0 heteroatoms. The van der Waals surface area contributed by atoms with Gasteiger partial charge in [-0.2, -0.15) is 0 Å². The van der Waals surface area contributed by atoms with Gasteiger partial charge in [-0.15, -0.1) is 0 Å². The molecule has 0 bridgehead atoms. The molecule has 4 rings (SSSR count). The monoisotopic (exact) mass is 236 g/mol. The fraction of sp³-hybridized carbons (Fsp3) is 0.444. The van der Waals surface area contributed by atoms with Crippen molar-refractivity contribution in [1.82, 2.24) is 0 Å². The molecule has 0 aliphatic heterocycles. The van der Waals surface area contributed by atoms with Crippen LogP contribution in [-0.2, 0) is 5.41 Å². The zero-order chi connectivity index (χ0) is 12.0. The highest BCUT2D eigenvalue weighted by Crippen LogP contribution is 2.58. The normalized spacial score (nSPS) is 31.3. The van der Waals surface area contributed by atoms with Gasteiger partial charge in [0.15, 0.2) is 0 Å². The molecular formula is C18H20. The Hall–Kier alpha value is -1.30. The Balaban J connectivity index is 1.91. The van der Waals surface area contributed by atoms with Gasteiger partial charge in [0.2, 0.25) is 0 Å². The van der Waals surface area contributed by atoms with Crippen molar-refractivity contribution >= 4 is 0 Å².